The van der Waals surface area contributed by atoms with Crippen LogP contribution in [0.4, 0.5) is 13.2 Å². The summed E-state index contributed by atoms with van der Waals surface area (Å²) in [4.78, 5) is 4.20. The number of halogens is 3. The summed E-state index contributed by atoms with van der Waals surface area (Å²) < 4.78 is 37.1. The summed E-state index contributed by atoms with van der Waals surface area (Å²) >= 11 is 0. The summed E-state index contributed by atoms with van der Waals surface area (Å²) in [6.45, 7) is 0.516. The number of aliphatic imine (C=N–C) groups is 1. The van der Waals surface area contributed by atoms with E-state index in [0.717, 1.165) is 17.7 Å². The summed E-state index contributed by atoms with van der Waals surface area (Å²) in [6, 6.07) is 14.6. The average molecular weight is 263 g/mol. The van der Waals surface area contributed by atoms with Crippen molar-refractivity contribution < 1.29 is 13.2 Å². The second kappa shape index (κ2) is 5.69. The van der Waals surface area contributed by atoms with Gasteiger partial charge >= 0.3 is 6.18 Å². The molecular formula is C15H12F3N. The van der Waals surface area contributed by atoms with Crippen LogP contribution in [0.1, 0.15) is 16.7 Å². The van der Waals surface area contributed by atoms with E-state index >= 15 is 0 Å². The third-order valence-corrected chi connectivity index (χ3v) is 2.60. The Labute approximate surface area is 109 Å². The molecule has 0 saturated heterocycles. The van der Waals surface area contributed by atoms with Crippen molar-refractivity contribution in [3.63, 3.8) is 0 Å². The Hall–Kier alpha value is -2.10. The molecule has 0 N–H and O–H groups in total. The Kier molecular flexibility index (Phi) is 4.00. The molecule has 98 valence electrons. The summed E-state index contributed by atoms with van der Waals surface area (Å²) in [5.41, 5.74) is 1.07. The van der Waals surface area contributed by atoms with Gasteiger partial charge in [0, 0.05) is 6.21 Å². The van der Waals surface area contributed by atoms with Crippen molar-refractivity contribution in [2.75, 3.05) is 0 Å². The average Bonchev–Trinajstić information content (AvgIpc) is 2.39. The zero-order valence-corrected chi connectivity index (χ0v) is 10.1. The molecule has 0 aliphatic heterocycles. The predicted octanol–water partition coefficient (Wildman–Crippen LogP) is 4.32. The smallest absolute Gasteiger partial charge is 0.288 e. The Morgan fingerprint density at radius 1 is 0.895 bits per heavy atom. The molecule has 1 nitrogen and oxygen atoms in total. The fraction of sp³-hybridized carbons (Fsp3) is 0.133. The Morgan fingerprint density at radius 2 is 1.53 bits per heavy atom. The zero-order valence-electron chi connectivity index (χ0n) is 10.1. The van der Waals surface area contributed by atoms with E-state index in [2.05, 4.69) is 4.99 Å². The number of hydrogen-bond acceptors (Lipinski definition) is 1. The first kappa shape index (κ1) is 13.3. The summed E-state index contributed by atoms with van der Waals surface area (Å²) in [7, 11) is 0. The Balaban J connectivity index is 2.00. The molecule has 0 aliphatic rings. The van der Waals surface area contributed by atoms with Gasteiger partial charge in [0.15, 0.2) is 0 Å². The van der Waals surface area contributed by atoms with Crippen molar-refractivity contribution >= 4 is 6.21 Å². The highest BCUT2D eigenvalue weighted by molar-refractivity contribution is 5.79. The minimum absolute atomic E-state index is 0.516. The molecule has 0 fully saturated rings. The summed E-state index contributed by atoms with van der Waals surface area (Å²) in [6.07, 6.45) is -2.72. The van der Waals surface area contributed by atoms with Crippen LogP contribution >= 0.6 is 0 Å². The topological polar surface area (TPSA) is 12.4 Å². The Morgan fingerprint density at radius 3 is 2.11 bits per heavy atom. The fourth-order valence-corrected chi connectivity index (χ4v) is 1.60. The molecule has 0 aromatic heterocycles. The van der Waals surface area contributed by atoms with E-state index in [1.807, 2.05) is 30.3 Å². The lowest BCUT2D eigenvalue weighted by Gasteiger charge is -2.05. The maximum absolute atomic E-state index is 12.4. The number of hydrogen-bond donors (Lipinski definition) is 0. The number of rotatable bonds is 3. The van der Waals surface area contributed by atoms with Gasteiger partial charge in [-0.05, 0) is 23.3 Å². The third-order valence-electron chi connectivity index (χ3n) is 2.60. The van der Waals surface area contributed by atoms with E-state index in [1.165, 1.54) is 12.1 Å². The van der Waals surface area contributed by atoms with E-state index < -0.39 is 11.7 Å². The molecule has 0 amide bonds. The summed E-state index contributed by atoms with van der Waals surface area (Å²) in [5, 5.41) is 0. The molecule has 4 heteroatoms. The van der Waals surface area contributed by atoms with E-state index in [9.17, 15) is 13.2 Å². The second-order valence-electron chi connectivity index (χ2n) is 4.08. The van der Waals surface area contributed by atoms with E-state index in [0.29, 0.717) is 12.1 Å². The first-order chi connectivity index (χ1) is 9.05. The van der Waals surface area contributed by atoms with Gasteiger partial charge in [-0.2, -0.15) is 13.2 Å². The van der Waals surface area contributed by atoms with Crippen molar-refractivity contribution in [3.8, 4) is 0 Å². The minimum atomic E-state index is -4.29. The van der Waals surface area contributed by atoms with Gasteiger partial charge in [0.1, 0.15) is 0 Å². The molecule has 19 heavy (non-hydrogen) atoms. The van der Waals surface area contributed by atoms with Crippen LogP contribution in [0.15, 0.2) is 59.6 Å². The highest BCUT2D eigenvalue weighted by atomic mass is 19.4. The lowest BCUT2D eigenvalue weighted by Crippen LogP contribution is -2.04. The van der Waals surface area contributed by atoms with Crippen LogP contribution in [0.2, 0.25) is 0 Å². The van der Waals surface area contributed by atoms with Crippen LogP contribution in [-0.4, -0.2) is 6.21 Å². The van der Waals surface area contributed by atoms with Crippen LogP contribution < -0.4 is 0 Å². The first-order valence-corrected chi connectivity index (χ1v) is 5.77. The van der Waals surface area contributed by atoms with Gasteiger partial charge in [-0.15, -0.1) is 0 Å². The SMILES string of the molecule is FC(F)(F)c1ccc(/C=N/Cc2ccccc2)cc1. The van der Waals surface area contributed by atoms with Gasteiger partial charge in [-0.1, -0.05) is 42.5 Å². The number of nitrogens with zero attached hydrogens (tertiary/aromatic N) is 1. The monoisotopic (exact) mass is 263 g/mol. The molecule has 2 aromatic rings. The molecular weight excluding hydrogens is 251 g/mol. The molecule has 0 bridgehead atoms. The van der Waals surface area contributed by atoms with Gasteiger partial charge in [0.05, 0.1) is 12.1 Å². The molecule has 0 atom stereocenters. The fourth-order valence-electron chi connectivity index (χ4n) is 1.60. The van der Waals surface area contributed by atoms with Crippen molar-refractivity contribution in [3.05, 3.63) is 71.3 Å². The standard InChI is InChI=1S/C15H12F3N/c16-15(17,18)14-8-6-13(7-9-14)11-19-10-12-4-2-1-3-5-12/h1-9,11H,10H2/b19-11+. The van der Waals surface area contributed by atoms with Crippen molar-refractivity contribution in [1.82, 2.24) is 0 Å². The zero-order chi connectivity index (χ0) is 13.7. The van der Waals surface area contributed by atoms with Gasteiger partial charge in [0.2, 0.25) is 0 Å². The predicted molar refractivity (Wildman–Crippen MR) is 69.2 cm³/mol. The van der Waals surface area contributed by atoms with E-state index in [4.69, 9.17) is 0 Å². The van der Waals surface area contributed by atoms with Gasteiger partial charge in [0.25, 0.3) is 0 Å². The Bertz CT molecular complexity index is 542. The lowest BCUT2D eigenvalue weighted by molar-refractivity contribution is -0.137. The molecule has 0 saturated carbocycles. The van der Waals surface area contributed by atoms with Crippen molar-refractivity contribution in [2.45, 2.75) is 12.7 Å². The molecule has 0 spiro atoms. The maximum atomic E-state index is 12.4. The van der Waals surface area contributed by atoms with E-state index in [-0.39, 0.29) is 0 Å². The normalized spacial score (nSPS) is 11.9. The lowest BCUT2D eigenvalue weighted by atomic mass is 10.1. The quantitative estimate of drug-likeness (QED) is 0.731. The largest absolute Gasteiger partial charge is 0.416 e. The van der Waals surface area contributed by atoms with Crippen LogP contribution in [0.25, 0.3) is 0 Å². The van der Waals surface area contributed by atoms with Crippen LogP contribution in [0, 0.1) is 0 Å². The highest BCUT2D eigenvalue weighted by Gasteiger charge is 2.29. The van der Waals surface area contributed by atoms with Crippen LogP contribution in [-0.2, 0) is 12.7 Å². The second-order valence-corrected chi connectivity index (χ2v) is 4.08. The van der Waals surface area contributed by atoms with Gasteiger partial charge in [-0.3, -0.25) is 4.99 Å². The van der Waals surface area contributed by atoms with Gasteiger partial charge in [-0.25, -0.2) is 0 Å². The number of benzene rings is 2. The molecule has 0 aliphatic carbocycles. The highest BCUT2D eigenvalue weighted by Crippen LogP contribution is 2.28. The van der Waals surface area contributed by atoms with Crippen molar-refractivity contribution in [2.24, 2.45) is 4.99 Å². The first-order valence-electron chi connectivity index (χ1n) is 5.77. The molecule has 0 heterocycles. The van der Waals surface area contributed by atoms with E-state index in [1.54, 1.807) is 6.21 Å². The van der Waals surface area contributed by atoms with Crippen LogP contribution in [0.3, 0.4) is 0 Å². The summed E-state index contributed by atoms with van der Waals surface area (Å²) in [5.74, 6) is 0. The molecule has 0 radical (unpaired) electrons. The van der Waals surface area contributed by atoms with Crippen molar-refractivity contribution in [1.29, 1.82) is 0 Å². The van der Waals surface area contributed by atoms with Gasteiger partial charge < -0.3 is 0 Å². The number of alkyl halides is 3. The maximum Gasteiger partial charge on any atom is 0.416 e. The third kappa shape index (κ3) is 3.95. The minimum Gasteiger partial charge on any atom is -0.288 e. The molecule has 2 aromatic carbocycles. The molecule has 2 rings (SSSR count). The molecule has 0 unspecified atom stereocenters. The van der Waals surface area contributed by atoms with Crippen LogP contribution in [0.5, 0.6) is 0 Å².